The van der Waals surface area contributed by atoms with E-state index in [0.29, 0.717) is 43.2 Å². The molecule has 5 nitrogen and oxygen atoms in total. The van der Waals surface area contributed by atoms with E-state index < -0.39 is 5.63 Å². The number of aromatic nitrogens is 1. The van der Waals surface area contributed by atoms with Crippen molar-refractivity contribution in [1.29, 1.82) is 5.26 Å². The second-order valence-corrected chi connectivity index (χ2v) is 7.66. The van der Waals surface area contributed by atoms with Crippen LogP contribution in [0.1, 0.15) is 5.01 Å². The molecule has 1 N–H and O–H groups in total. The fraction of sp³-hybridized carbons (Fsp3) is 0. The van der Waals surface area contributed by atoms with Gasteiger partial charge in [0.15, 0.2) is 0 Å². The highest BCUT2D eigenvalue weighted by Gasteiger charge is 2.14. The van der Waals surface area contributed by atoms with Gasteiger partial charge in [-0.2, -0.15) is 5.26 Å². The molecule has 2 aromatic heterocycles. The lowest BCUT2D eigenvalue weighted by molar-refractivity contribution is 0.563. The molecule has 0 saturated heterocycles. The number of para-hydroxylation sites is 1. The topological polar surface area (TPSA) is 78.9 Å². The van der Waals surface area contributed by atoms with E-state index in [1.165, 1.54) is 17.5 Å². The van der Waals surface area contributed by atoms with Crippen molar-refractivity contribution in [2.45, 2.75) is 0 Å². The summed E-state index contributed by atoms with van der Waals surface area (Å²) in [6.07, 6.45) is 1.51. The highest BCUT2D eigenvalue weighted by Crippen LogP contribution is 2.28. The summed E-state index contributed by atoms with van der Waals surface area (Å²) in [7, 11) is 0. The third-order valence-electron chi connectivity index (χ3n) is 4.08. The Hall–Kier alpha value is -3.11. The van der Waals surface area contributed by atoms with E-state index in [1.54, 1.807) is 41.8 Å². The van der Waals surface area contributed by atoms with Crippen LogP contribution >= 0.6 is 34.5 Å². The van der Waals surface area contributed by atoms with Crippen molar-refractivity contribution >= 4 is 56.8 Å². The number of fused-ring (bicyclic) bond motifs is 1. The molecule has 142 valence electrons. The number of hydrogen-bond acceptors (Lipinski definition) is 6. The monoisotopic (exact) mass is 439 g/mol. The number of allylic oxidation sites excluding steroid dienone is 1. The SMILES string of the molecule is N#C/C(=C/Nc1ccc(Cl)cc1Cl)c1nc(-c2cc3ccccc3oc2=O)cs1. The predicted octanol–water partition coefficient (Wildman–Crippen LogP) is 6.20. The molecule has 0 aliphatic heterocycles. The van der Waals surface area contributed by atoms with Crippen molar-refractivity contribution < 1.29 is 4.42 Å². The van der Waals surface area contributed by atoms with Crippen molar-refractivity contribution in [2.75, 3.05) is 5.32 Å². The van der Waals surface area contributed by atoms with Gasteiger partial charge in [0.1, 0.15) is 22.2 Å². The van der Waals surface area contributed by atoms with E-state index in [2.05, 4.69) is 16.4 Å². The molecule has 0 spiro atoms. The Bertz CT molecular complexity index is 1350. The van der Waals surface area contributed by atoms with E-state index in [-0.39, 0.29) is 0 Å². The number of thiazole rings is 1. The zero-order chi connectivity index (χ0) is 20.4. The first-order valence-corrected chi connectivity index (χ1v) is 10.00. The van der Waals surface area contributed by atoms with Gasteiger partial charge in [-0.1, -0.05) is 41.4 Å². The van der Waals surface area contributed by atoms with Crippen LogP contribution in [0, 0.1) is 11.3 Å². The summed E-state index contributed by atoms with van der Waals surface area (Å²) in [6, 6.07) is 16.1. The first-order chi connectivity index (χ1) is 14.0. The Morgan fingerprint density at radius 3 is 2.83 bits per heavy atom. The summed E-state index contributed by atoms with van der Waals surface area (Å²) in [6.45, 7) is 0. The molecule has 29 heavy (non-hydrogen) atoms. The van der Waals surface area contributed by atoms with Crippen LogP contribution in [0.2, 0.25) is 10.0 Å². The molecule has 2 heterocycles. The number of hydrogen-bond donors (Lipinski definition) is 1. The fourth-order valence-corrected chi connectivity index (χ4v) is 3.91. The number of halogens is 2. The van der Waals surface area contributed by atoms with Crippen LogP contribution in [0.5, 0.6) is 0 Å². The smallest absolute Gasteiger partial charge is 0.345 e. The fourth-order valence-electron chi connectivity index (χ4n) is 2.66. The third kappa shape index (κ3) is 4.03. The Morgan fingerprint density at radius 1 is 1.21 bits per heavy atom. The van der Waals surface area contributed by atoms with Gasteiger partial charge in [-0.15, -0.1) is 11.3 Å². The minimum absolute atomic E-state index is 0.303. The average Bonchev–Trinajstić information content (AvgIpc) is 3.19. The first kappa shape index (κ1) is 19.2. The quantitative estimate of drug-likeness (QED) is 0.302. The van der Waals surface area contributed by atoms with Crippen LogP contribution in [-0.2, 0) is 0 Å². The van der Waals surface area contributed by atoms with Gasteiger partial charge in [-0.25, -0.2) is 9.78 Å². The van der Waals surface area contributed by atoms with Gasteiger partial charge in [0.2, 0.25) is 0 Å². The normalized spacial score (nSPS) is 11.4. The van der Waals surface area contributed by atoms with Crippen LogP contribution in [0.4, 0.5) is 5.69 Å². The maximum absolute atomic E-state index is 12.3. The summed E-state index contributed by atoms with van der Waals surface area (Å²) in [5.41, 5.74) is 1.74. The van der Waals surface area contributed by atoms with Gasteiger partial charge in [0, 0.05) is 22.0 Å². The maximum Gasteiger partial charge on any atom is 0.345 e. The molecular weight excluding hydrogens is 429 g/mol. The second kappa shape index (κ2) is 8.10. The minimum atomic E-state index is -0.478. The molecule has 0 atom stereocenters. The van der Waals surface area contributed by atoms with Gasteiger partial charge < -0.3 is 9.73 Å². The second-order valence-electron chi connectivity index (χ2n) is 5.96. The van der Waals surface area contributed by atoms with Gasteiger partial charge in [-0.3, -0.25) is 0 Å². The number of nitrogens with one attached hydrogen (secondary N) is 1. The molecule has 8 heteroatoms. The summed E-state index contributed by atoms with van der Waals surface area (Å²) in [4.78, 5) is 16.8. The molecule has 0 fully saturated rings. The van der Waals surface area contributed by atoms with Crippen LogP contribution in [0.3, 0.4) is 0 Å². The summed E-state index contributed by atoms with van der Waals surface area (Å²) >= 11 is 13.3. The maximum atomic E-state index is 12.3. The van der Waals surface area contributed by atoms with Crippen molar-refractivity contribution in [3.05, 3.63) is 85.6 Å². The van der Waals surface area contributed by atoms with Crippen molar-refractivity contribution in [1.82, 2.24) is 4.98 Å². The number of benzene rings is 2. The highest BCUT2D eigenvalue weighted by atomic mass is 35.5. The Labute approximate surface area is 179 Å². The van der Waals surface area contributed by atoms with E-state index >= 15 is 0 Å². The summed E-state index contributed by atoms with van der Waals surface area (Å²) in [5.74, 6) is 0. The Morgan fingerprint density at radius 2 is 2.03 bits per heavy atom. The van der Waals surface area contributed by atoms with Gasteiger partial charge >= 0.3 is 5.63 Å². The van der Waals surface area contributed by atoms with Gasteiger partial charge in [0.25, 0.3) is 0 Å². The number of rotatable bonds is 4. The van der Waals surface area contributed by atoms with E-state index in [0.717, 1.165) is 5.39 Å². The number of nitriles is 1. The molecular formula is C21H11Cl2N3O2S. The van der Waals surface area contributed by atoms with Crippen LogP contribution in [0.25, 0.3) is 27.8 Å². The molecule has 0 radical (unpaired) electrons. The lowest BCUT2D eigenvalue weighted by Gasteiger charge is -2.04. The largest absolute Gasteiger partial charge is 0.422 e. The minimum Gasteiger partial charge on any atom is -0.422 e. The number of nitrogens with zero attached hydrogens (tertiary/aromatic N) is 2. The van der Waals surface area contributed by atoms with E-state index in [9.17, 15) is 10.1 Å². The Kier molecular flexibility index (Phi) is 5.36. The molecule has 0 amide bonds. The molecule has 2 aromatic carbocycles. The van der Waals surface area contributed by atoms with Crippen molar-refractivity contribution in [2.24, 2.45) is 0 Å². The highest BCUT2D eigenvalue weighted by molar-refractivity contribution is 7.11. The van der Waals surface area contributed by atoms with Crippen molar-refractivity contribution in [3.63, 3.8) is 0 Å². The molecule has 0 aliphatic carbocycles. The molecule has 0 bridgehead atoms. The van der Waals surface area contributed by atoms with Crippen LogP contribution < -0.4 is 10.9 Å². The zero-order valence-electron chi connectivity index (χ0n) is 14.6. The summed E-state index contributed by atoms with van der Waals surface area (Å²) in [5, 5.41) is 16.4. The molecule has 4 aromatic rings. The first-order valence-electron chi connectivity index (χ1n) is 8.36. The van der Waals surface area contributed by atoms with E-state index in [1.807, 2.05) is 12.1 Å². The van der Waals surface area contributed by atoms with Gasteiger partial charge in [-0.05, 0) is 30.3 Å². The molecule has 4 rings (SSSR count). The number of anilines is 1. The zero-order valence-corrected chi connectivity index (χ0v) is 17.0. The summed E-state index contributed by atoms with van der Waals surface area (Å²) < 4.78 is 5.36. The van der Waals surface area contributed by atoms with Crippen molar-refractivity contribution in [3.8, 4) is 17.3 Å². The standard InChI is InChI=1S/C21H11Cl2N3O2S/c22-14-5-6-17(16(23)8-14)25-10-13(9-24)20-26-18(11-29-20)15-7-12-3-1-2-4-19(12)28-21(15)27/h1-8,10-11,25H/b13-10-. The molecule has 0 unspecified atom stereocenters. The van der Waals surface area contributed by atoms with Crippen LogP contribution in [-0.4, -0.2) is 4.98 Å². The lowest BCUT2D eigenvalue weighted by Crippen LogP contribution is -2.02. The molecule has 0 aliphatic rings. The van der Waals surface area contributed by atoms with E-state index in [4.69, 9.17) is 27.6 Å². The van der Waals surface area contributed by atoms with Crippen LogP contribution in [0.15, 0.2) is 69.3 Å². The molecule has 0 saturated carbocycles. The predicted molar refractivity (Wildman–Crippen MR) is 117 cm³/mol. The lowest BCUT2D eigenvalue weighted by atomic mass is 10.1. The average molecular weight is 440 g/mol. The van der Waals surface area contributed by atoms with Gasteiger partial charge in [0.05, 0.1) is 22.0 Å². The Balaban J connectivity index is 1.66. The third-order valence-corrected chi connectivity index (χ3v) is 5.50.